The van der Waals surface area contributed by atoms with Gasteiger partial charge in [-0.1, -0.05) is 133 Å². The minimum Gasteiger partial charge on any atom is -0.365 e. The lowest BCUT2D eigenvalue weighted by Crippen LogP contribution is -2.49. The number of fused-ring (bicyclic) bond motifs is 4. The van der Waals surface area contributed by atoms with Gasteiger partial charge in [0.2, 0.25) is 5.16 Å². The van der Waals surface area contributed by atoms with Crippen LogP contribution in [-0.4, -0.2) is 137 Å². The number of ketones is 2. The topological polar surface area (TPSA) is 122 Å². The Morgan fingerprint density at radius 3 is 1.39 bits per heavy atom. The second kappa shape index (κ2) is 23.3. The highest BCUT2D eigenvalue weighted by atomic mass is 32.2. The van der Waals surface area contributed by atoms with Gasteiger partial charge in [0.05, 0.1) is 48.4 Å². The highest BCUT2D eigenvalue weighted by Gasteiger charge is 2.31. The van der Waals surface area contributed by atoms with Crippen LogP contribution in [0.4, 0.5) is 23.0 Å². The maximum Gasteiger partial charge on any atom is 0.220 e. The SMILES string of the molecule is CSc1nc2c(c(N3CCN(CC(=O)c4ccccc4)CC3)n1)CCN(c1cc(C)cc3ccccc13)C2.Cc1cc(N2CCc3c(nc(S(C)=O)nc3N3CCN(CC(=O)c4ccccc4)CC3)C2)c2ccccc2c1. The monoisotopic (exact) mass is 1060 g/mol. The maximum absolute atomic E-state index is 12.7. The van der Waals surface area contributed by atoms with Gasteiger partial charge in [0.25, 0.3) is 0 Å². The first-order valence-corrected chi connectivity index (χ1v) is 29.6. The van der Waals surface area contributed by atoms with Gasteiger partial charge >= 0.3 is 0 Å². The fraction of sp³-hybridized carbons (Fsp3) is 0.323. The van der Waals surface area contributed by atoms with Crippen molar-refractivity contribution in [2.45, 2.75) is 50.1 Å². The average molecular weight is 1060 g/mol. The van der Waals surface area contributed by atoms with E-state index in [0.717, 1.165) is 130 Å². The number of nitrogens with zero attached hydrogens (tertiary/aromatic N) is 10. The van der Waals surface area contributed by atoms with Crippen molar-refractivity contribution in [2.24, 2.45) is 0 Å². The van der Waals surface area contributed by atoms with Crippen LogP contribution in [0.1, 0.15) is 54.4 Å². The lowest BCUT2D eigenvalue weighted by Gasteiger charge is -2.38. The van der Waals surface area contributed by atoms with Crippen LogP contribution in [0.2, 0.25) is 0 Å². The number of thioether (sulfide) groups is 1. The number of aryl methyl sites for hydroxylation is 2. The van der Waals surface area contributed by atoms with Gasteiger partial charge in [-0.05, 0) is 67.0 Å². The van der Waals surface area contributed by atoms with Gasteiger partial charge in [0.15, 0.2) is 16.7 Å². The molecule has 0 bridgehead atoms. The molecule has 2 aromatic heterocycles. The summed E-state index contributed by atoms with van der Waals surface area (Å²) in [6, 6.07) is 45.3. The van der Waals surface area contributed by atoms with Crippen molar-refractivity contribution < 1.29 is 13.8 Å². The molecule has 13 nitrogen and oxygen atoms in total. The first-order valence-electron chi connectivity index (χ1n) is 26.8. The molecule has 1 atom stereocenters. The molecule has 394 valence electrons. The molecule has 15 heteroatoms. The fourth-order valence-corrected chi connectivity index (χ4v) is 12.2. The number of hydrogen-bond acceptors (Lipinski definition) is 14. The molecule has 0 radical (unpaired) electrons. The molecule has 0 saturated carbocycles. The van der Waals surface area contributed by atoms with Crippen LogP contribution in [0.5, 0.6) is 0 Å². The van der Waals surface area contributed by atoms with Crippen molar-refractivity contribution in [3.05, 3.63) is 178 Å². The summed E-state index contributed by atoms with van der Waals surface area (Å²) in [6.45, 7) is 15.0. The minimum absolute atomic E-state index is 0.149. The molecular formula is C62H66N10O3S2. The zero-order valence-electron chi connectivity index (χ0n) is 44.5. The molecular weight excluding hydrogens is 997 g/mol. The summed E-state index contributed by atoms with van der Waals surface area (Å²) in [4.78, 5) is 59.1. The molecule has 12 rings (SSSR count). The first kappa shape index (κ1) is 52.0. The second-order valence-electron chi connectivity index (χ2n) is 20.6. The van der Waals surface area contributed by atoms with Gasteiger partial charge in [-0.2, -0.15) is 0 Å². The van der Waals surface area contributed by atoms with E-state index in [-0.39, 0.29) is 11.6 Å². The Hall–Kier alpha value is -7.04. The van der Waals surface area contributed by atoms with Crippen LogP contribution in [0, 0.1) is 13.8 Å². The Labute approximate surface area is 458 Å². The molecule has 6 heterocycles. The third-order valence-corrected chi connectivity index (χ3v) is 16.6. The van der Waals surface area contributed by atoms with Gasteiger partial charge in [0, 0.05) is 116 Å². The number of benzene rings is 6. The molecule has 77 heavy (non-hydrogen) atoms. The predicted molar refractivity (Wildman–Crippen MR) is 314 cm³/mol. The minimum atomic E-state index is -1.28. The lowest BCUT2D eigenvalue weighted by atomic mass is 10.0. The summed E-state index contributed by atoms with van der Waals surface area (Å²) in [6.07, 6.45) is 5.45. The first-order chi connectivity index (χ1) is 37.5. The molecule has 0 amide bonds. The number of piperazine rings is 2. The molecule has 4 aliphatic rings. The van der Waals surface area contributed by atoms with E-state index >= 15 is 0 Å². The molecule has 1 unspecified atom stereocenters. The van der Waals surface area contributed by atoms with Crippen molar-refractivity contribution in [1.29, 1.82) is 0 Å². The van der Waals surface area contributed by atoms with Crippen LogP contribution in [0.15, 0.2) is 144 Å². The largest absolute Gasteiger partial charge is 0.365 e. The van der Waals surface area contributed by atoms with E-state index in [9.17, 15) is 13.8 Å². The summed E-state index contributed by atoms with van der Waals surface area (Å²) < 4.78 is 12.6. The van der Waals surface area contributed by atoms with E-state index in [4.69, 9.17) is 19.9 Å². The number of rotatable bonds is 12. The Bertz CT molecular complexity index is 3470. The van der Waals surface area contributed by atoms with Gasteiger partial charge in [-0.25, -0.2) is 19.9 Å². The summed E-state index contributed by atoms with van der Waals surface area (Å²) in [5.41, 5.74) is 11.1. The zero-order valence-corrected chi connectivity index (χ0v) is 46.2. The Balaban J connectivity index is 0.000000164. The van der Waals surface area contributed by atoms with Gasteiger partial charge in [0.1, 0.15) is 11.6 Å². The average Bonchev–Trinajstić information content (AvgIpc) is 3.46. The number of carbonyl (C=O) groups is 2. The highest BCUT2D eigenvalue weighted by Crippen LogP contribution is 2.37. The maximum atomic E-state index is 12.7. The number of carbonyl (C=O) groups excluding carboxylic acids is 2. The number of Topliss-reactive ketones (excluding diaryl/α,β-unsaturated/α-hetero) is 2. The highest BCUT2D eigenvalue weighted by molar-refractivity contribution is 7.98. The Kier molecular flexibility index (Phi) is 15.7. The molecule has 8 aromatic rings. The van der Waals surface area contributed by atoms with Crippen LogP contribution in [0.3, 0.4) is 0 Å². The summed E-state index contributed by atoms with van der Waals surface area (Å²) in [5, 5.41) is 6.27. The summed E-state index contributed by atoms with van der Waals surface area (Å²) in [7, 11) is -1.28. The van der Waals surface area contributed by atoms with E-state index in [0.29, 0.717) is 24.8 Å². The zero-order chi connectivity index (χ0) is 53.0. The Morgan fingerprint density at radius 1 is 0.506 bits per heavy atom. The normalized spacial score (nSPS) is 16.4. The smallest absolute Gasteiger partial charge is 0.220 e. The third-order valence-electron chi connectivity index (χ3n) is 15.4. The van der Waals surface area contributed by atoms with E-state index in [2.05, 4.69) is 116 Å². The van der Waals surface area contributed by atoms with Gasteiger partial charge in [-0.3, -0.25) is 23.6 Å². The number of hydrogen-bond donors (Lipinski definition) is 0. The van der Waals surface area contributed by atoms with E-state index in [1.807, 2.05) is 66.9 Å². The predicted octanol–water partition coefficient (Wildman–Crippen LogP) is 9.47. The summed E-state index contributed by atoms with van der Waals surface area (Å²) >= 11 is 1.61. The van der Waals surface area contributed by atoms with Crippen molar-refractivity contribution in [1.82, 2.24) is 29.7 Å². The van der Waals surface area contributed by atoms with Crippen LogP contribution >= 0.6 is 11.8 Å². The third kappa shape index (κ3) is 11.6. The standard InChI is InChI=1S/C31H33N5O2S.C31H33N5OS/c1-22-18-24-10-6-7-11-25(24)28(19-22)36-13-12-26-27(20-36)32-31(39(2)38)33-30(26)35-16-14-34(15-17-35)21-29(37)23-8-4-3-5-9-23;1-22-18-24-10-6-7-11-25(24)28(19-22)36-13-12-26-27(20-36)32-31(38-2)33-30(26)35-16-14-34(15-17-35)21-29(37)23-8-4-3-5-9-23/h3-11,18-19H,12-17,20-21H2,1-2H3;3-11,18-19H,12-17,20-21H2,1-2H3. The number of anilines is 4. The van der Waals surface area contributed by atoms with Gasteiger partial charge < -0.3 is 19.6 Å². The van der Waals surface area contributed by atoms with Crippen molar-refractivity contribution in [3.63, 3.8) is 0 Å². The van der Waals surface area contributed by atoms with Crippen molar-refractivity contribution >= 4 is 78.7 Å². The molecule has 2 fully saturated rings. The lowest BCUT2D eigenvalue weighted by molar-refractivity contribution is 0.0918. The van der Waals surface area contributed by atoms with E-state index in [1.54, 1.807) is 18.0 Å². The molecule has 0 aliphatic carbocycles. The molecule has 6 aromatic carbocycles. The van der Waals surface area contributed by atoms with Crippen LogP contribution in [0.25, 0.3) is 21.5 Å². The van der Waals surface area contributed by atoms with Crippen LogP contribution < -0.4 is 19.6 Å². The quantitative estimate of drug-likeness (QED) is 0.0656. The number of aromatic nitrogens is 4. The molecule has 0 N–H and O–H groups in total. The second-order valence-corrected chi connectivity index (χ2v) is 22.7. The molecule has 4 aliphatic heterocycles. The summed E-state index contributed by atoms with van der Waals surface area (Å²) in [5.74, 6) is 2.33. The fourth-order valence-electron chi connectivity index (χ4n) is 11.4. The molecule has 0 spiro atoms. The van der Waals surface area contributed by atoms with E-state index in [1.165, 1.54) is 49.6 Å². The van der Waals surface area contributed by atoms with Crippen molar-refractivity contribution in [2.75, 3.05) is 111 Å². The molecule has 2 saturated heterocycles. The van der Waals surface area contributed by atoms with Crippen molar-refractivity contribution in [3.8, 4) is 0 Å². The Morgan fingerprint density at radius 2 is 0.935 bits per heavy atom. The van der Waals surface area contributed by atoms with Gasteiger partial charge in [-0.15, -0.1) is 0 Å². The van der Waals surface area contributed by atoms with E-state index < -0.39 is 10.8 Å². The van der Waals surface area contributed by atoms with Crippen LogP contribution in [-0.2, 0) is 36.7 Å².